The summed E-state index contributed by atoms with van der Waals surface area (Å²) in [6.07, 6.45) is 7.84. The molecule has 2 aliphatic heterocycles. The molecular weight excluding hydrogens is 348 g/mol. The van der Waals surface area contributed by atoms with E-state index < -0.39 is 0 Å². The molecule has 0 aromatic heterocycles. The molecule has 0 aliphatic carbocycles. The lowest BCUT2D eigenvalue weighted by Crippen LogP contribution is -2.32. The Balaban J connectivity index is 1.03. The lowest BCUT2D eigenvalue weighted by atomic mass is 10.1. The second kappa shape index (κ2) is 9.94. The van der Waals surface area contributed by atoms with Crippen LogP contribution in [0.3, 0.4) is 0 Å². The van der Waals surface area contributed by atoms with E-state index in [0.717, 1.165) is 51.1 Å². The number of hydrogen-bond donors (Lipinski definition) is 0. The molecule has 4 nitrogen and oxygen atoms in total. The van der Waals surface area contributed by atoms with Crippen molar-refractivity contribution in [3.8, 4) is 11.5 Å². The van der Waals surface area contributed by atoms with E-state index in [9.17, 15) is 0 Å². The third-order valence-corrected chi connectivity index (χ3v) is 5.74. The summed E-state index contributed by atoms with van der Waals surface area (Å²) in [5.41, 5.74) is 2.64. The van der Waals surface area contributed by atoms with Crippen molar-refractivity contribution in [1.82, 2.24) is 9.80 Å². The van der Waals surface area contributed by atoms with Gasteiger partial charge in [-0.2, -0.15) is 0 Å². The molecule has 0 spiro atoms. The summed E-state index contributed by atoms with van der Waals surface area (Å²) in [7, 11) is 0. The van der Waals surface area contributed by atoms with Gasteiger partial charge in [0, 0.05) is 37.3 Å². The first-order valence-corrected chi connectivity index (χ1v) is 10.7. The zero-order chi connectivity index (χ0) is 19.0. The Morgan fingerprint density at radius 1 is 0.571 bits per heavy atom. The Bertz CT molecular complexity index is 685. The van der Waals surface area contributed by atoms with Crippen LogP contribution in [0.15, 0.2) is 48.5 Å². The molecule has 0 saturated heterocycles. The minimum Gasteiger partial charge on any atom is -0.478 e. The number of hydrogen-bond acceptors (Lipinski definition) is 4. The van der Waals surface area contributed by atoms with Crippen molar-refractivity contribution < 1.29 is 9.47 Å². The Morgan fingerprint density at radius 2 is 1.00 bits per heavy atom. The highest BCUT2D eigenvalue weighted by molar-refractivity contribution is 5.34. The van der Waals surface area contributed by atoms with E-state index in [1.807, 2.05) is 12.1 Å². The van der Waals surface area contributed by atoms with Gasteiger partial charge < -0.3 is 9.47 Å². The molecule has 150 valence electrons. The molecule has 0 atom stereocenters. The summed E-state index contributed by atoms with van der Waals surface area (Å²) < 4.78 is 11.7. The maximum atomic E-state index is 5.84. The van der Waals surface area contributed by atoms with Crippen molar-refractivity contribution in [3.63, 3.8) is 0 Å². The van der Waals surface area contributed by atoms with E-state index in [1.165, 1.54) is 49.7 Å². The maximum absolute atomic E-state index is 5.84. The van der Waals surface area contributed by atoms with Crippen molar-refractivity contribution in [2.75, 3.05) is 26.6 Å². The van der Waals surface area contributed by atoms with E-state index in [0.29, 0.717) is 0 Å². The molecule has 0 N–H and O–H groups in total. The fourth-order valence-electron chi connectivity index (χ4n) is 4.11. The van der Waals surface area contributed by atoms with E-state index in [1.54, 1.807) is 0 Å². The fraction of sp³-hybridized carbons (Fsp3) is 0.500. The van der Waals surface area contributed by atoms with E-state index in [-0.39, 0.29) is 0 Å². The lowest BCUT2D eigenvalue weighted by molar-refractivity contribution is 0.0924. The van der Waals surface area contributed by atoms with Crippen LogP contribution in [0, 0.1) is 0 Å². The van der Waals surface area contributed by atoms with Crippen molar-refractivity contribution in [2.45, 2.75) is 51.6 Å². The van der Waals surface area contributed by atoms with E-state index >= 15 is 0 Å². The zero-order valence-corrected chi connectivity index (χ0v) is 16.8. The van der Waals surface area contributed by atoms with Crippen LogP contribution in [0.5, 0.6) is 11.5 Å². The average Bonchev–Trinajstić information content (AvgIpc) is 2.75. The van der Waals surface area contributed by atoms with Crippen LogP contribution in [-0.4, -0.2) is 36.4 Å². The van der Waals surface area contributed by atoms with Crippen LogP contribution >= 0.6 is 0 Å². The third-order valence-electron chi connectivity index (χ3n) is 5.74. The third kappa shape index (κ3) is 5.27. The van der Waals surface area contributed by atoms with Crippen molar-refractivity contribution in [3.05, 3.63) is 59.7 Å². The topological polar surface area (TPSA) is 24.9 Å². The van der Waals surface area contributed by atoms with Crippen molar-refractivity contribution in [2.24, 2.45) is 0 Å². The van der Waals surface area contributed by atoms with Gasteiger partial charge in [-0.1, -0.05) is 62.1 Å². The van der Waals surface area contributed by atoms with Gasteiger partial charge in [0.25, 0.3) is 0 Å². The number of rotatable bonds is 9. The molecule has 2 aromatic carbocycles. The quantitative estimate of drug-likeness (QED) is 0.570. The predicted octanol–water partition coefficient (Wildman–Crippen LogP) is 5.03. The molecule has 2 aliphatic rings. The normalized spacial score (nSPS) is 16.7. The maximum Gasteiger partial charge on any atom is 0.142 e. The molecule has 0 bridgehead atoms. The van der Waals surface area contributed by atoms with Crippen LogP contribution < -0.4 is 9.47 Å². The Morgan fingerprint density at radius 3 is 1.50 bits per heavy atom. The minimum atomic E-state index is 0.734. The van der Waals surface area contributed by atoms with Crippen LogP contribution in [-0.2, 0) is 13.1 Å². The SMILES string of the molecule is c1ccc2c(c1)CN(CCCCCCCCN1COc3ccccc3C1)CO2. The molecule has 0 unspecified atom stereocenters. The van der Waals surface area contributed by atoms with Crippen LogP contribution in [0.25, 0.3) is 0 Å². The monoisotopic (exact) mass is 380 g/mol. The fourth-order valence-corrected chi connectivity index (χ4v) is 4.11. The highest BCUT2D eigenvalue weighted by Gasteiger charge is 2.17. The number of unbranched alkanes of at least 4 members (excludes halogenated alkanes) is 5. The number of ether oxygens (including phenoxy) is 2. The summed E-state index contributed by atoms with van der Waals surface area (Å²) in [5.74, 6) is 2.11. The molecular formula is C24H32N2O2. The van der Waals surface area contributed by atoms with Gasteiger partial charge in [-0.15, -0.1) is 0 Å². The summed E-state index contributed by atoms with van der Waals surface area (Å²) in [4.78, 5) is 4.83. The molecule has 28 heavy (non-hydrogen) atoms. The Labute approximate surface area is 169 Å². The first-order valence-electron chi connectivity index (χ1n) is 10.7. The molecule has 4 rings (SSSR count). The van der Waals surface area contributed by atoms with Crippen LogP contribution in [0.4, 0.5) is 0 Å². The molecule has 2 heterocycles. The standard InChI is InChI=1S/C24H32N2O2/c1(3-9-15-25-17-21-11-5-7-13-23(21)27-19-25)2-4-10-16-26-18-22-12-6-8-14-24(22)28-20-26/h5-8,11-14H,1-4,9-10,15-20H2. The predicted molar refractivity (Wildman–Crippen MR) is 112 cm³/mol. The first-order chi connectivity index (χ1) is 13.9. The lowest BCUT2D eigenvalue weighted by Gasteiger charge is -2.29. The highest BCUT2D eigenvalue weighted by atomic mass is 16.5. The molecule has 4 heteroatoms. The number of benzene rings is 2. The second-order valence-corrected chi connectivity index (χ2v) is 7.99. The molecule has 2 aromatic rings. The first kappa shape index (κ1) is 19.3. The summed E-state index contributed by atoms with van der Waals surface area (Å²) in [5, 5.41) is 0. The van der Waals surface area contributed by atoms with E-state index in [4.69, 9.17) is 9.47 Å². The summed E-state index contributed by atoms with van der Waals surface area (Å²) in [6, 6.07) is 16.8. The Hall–Kier alpha value is -2.04. The Kier molecular flexibility index (Phi) is 6.85. The van der Waals surface area contributed by atoms with Gasteiger partial charge in [0.15, 0.2) is 0 Å². The van der Waals surface area contributed by atoms with Gasteiger partial charge in [-0.3, -0.25) is 9.80 Å². The van der Waals surface area contributed by atoms with Crippen molar-refractivity contribution >= 4 is 0 Å². The minimum absolute atomic E-state index is 0.734. The number of nitrogens with zero attached hydrogens (tertiary/aromatic N) is 2. The van der Waals surface area contributed by atoms with Crippen LogP contribution in [0.2, 0.25) is 0 Å². The molecule has 0 saturated carbocycles. The van der Waals surface area contributed by atoms with Gasteiger partial charge in [0.1, 0.15) is 25.0 Å². The molecule has 0 radical (unpaired) electrons. The number of para-hydroxylation sites is 2. The molecule has 0 amide bonds. The number of fused-ring (bicyclic) bond motifs is 2. The van der Waals surface area contributed by atoms with Gasteiger partial charge in [-0.05, 0) is 25.0 Å². The average molecular weight is 381 g/mol. The second-order valence-electron chi connectivity index (χ2n) is 7.99. The van der Waals surface area contributed by atoms with Crippen LogP contribution in [0.1, 0.15) is 49.7 Å². The van der Waals surface area contributed by atoms with Crippen molar-refractivity contribution in [1.29, 1.82) is 0 Å². The summed E-state index contributed by atoms with van der Waals surface area (Å²) >= 11 is 0. The van der Waals surface area contributed by atoms with Gasteiger partial charge in [0.2, 0.25) is 0 Å². The highest BCUT2D eigenvalue weighted by Crippen LogP contribution is 2.25. The van der Waals surface area contributed by atoms with E-state index in [2.05, 4.69) is 46.2 Å². The largest absolute Gasteiger partial charge is 0.478 e. The van der Waals surface area contributed by atoms with Gasteiger partial charge >= 0.3 is 0 Å². The van der Waals surface area contributed by atoms with Gasteiger partial charge in [-0.25, -0.2) is 0 Å². The smallest absolute Gasteiger partial charge is 0.142 e. The summed E-state index contributed by atoms with van der Waals surface area (Å²) in [6.45, 7) is 5.79. The molecule has 0 fully saturated rings. The van der Waals surface area contributed by atoms with Gasteiger partial charge in [0.05, 0.1) is 0 Å². The zero-order valence-electron chi connectivity index (χ0n) is 16.8.